The molecule has 96 valence electrons. The molecule has 1 rings (SSSR count). The van der Waals surface area contributed by atoms with Crippen molar-refractivity contribution in [3.8, 4) is 0 Å². The molecule has 0 unspecified atom stereocenters. The zero-order valence-corrected chi connectivity index (χ0v) is 11.9. The van der Waals surface area contributed by atoms with Crippen LogP contribution in [-0.2, 0) is 10.0 Å². The van der Waals surface area contributed by atoms with Gasteiger partial charge in [-0.15, -0.1) is 0 Å². The van der Waals surface area contributed by atoms with E-state index in [0.717, 1.165) is 0 Å². The third kappa shape index (κ3) is 2.85. The summed E-state index contributed by atoms with van der Waals surface area (Å²) < 4.78 is 25.8. The van der Waals surface area contributed by atoms with E-state index in [0.29, 0.717) is 18.1 Å². The monoisotopic (exact) mass is 296 g/mol. The molecule has 1 aromatic rings. The van der Waals surface area contributed by atoms with E-state index < -0.39 is 10.0 Å². The predicted octanol–water partition coefficient (Wildman–Crippen LogP) is 2.61. The number of nitrogens with two attached hydrogens (primary N) is 1. The van der Waals surface area contributed by atoms with E-state index >= 15 is 0 Å². The highest BCUT2D eigenvalue weighted by Gasteiger charge is 2.27. The summed E-state index contributed by atoms with van der Waals surface area (Å²) in [5.74, 6) is 0. The average molecular weight is 297 g/mol. The number of nitrogen functional groups attached to an aromatic ring is 1. The minimum atomic E-state index is -3.66. The van der Waals surface area contributed by atoms with Gasteiger partial charge >= 0.3 is 0 Å². The molecule has 1 aromatic carbocycles. The smallest absolute Gasteiger partial charge is 0.246 e. The molecule has 0 fully saturated rings. The molecule has 0 amide bonds. The second-order valence-electron chi connectivity index (χ2n) is 3.40. The second-order valence-corrected chi connectivity index (χ2v) is 6.11. The Balaban J connectivity index is 3.44. The van der Waals surface area contributed by atoms with E-state index in [9.17, 15) is 8.42 Å². The maximum Gasteiger partial charge on any atom is 0.246 e. The van der Waals surface area contributed by atoms with Crippen molar-refractivity contribution in [1.29, 1.82) is 0 Å². The normalized spacial score (nSPS) is 12.1. The van der Waals surface area contributed by atoms with Gasteiger partial charge < -0.3 is 5.73 Å². The van der Waals surface area contributed by atoms with Crippen LogP contribution in [0.1, 0.15) is 13.8 Å². The Hall–Kier alpha value is -0.490. The van der Waals surface area contributed by atoms with Crippen molar-refractivity contribution in [1.82, 2.24) is 4.31 Å². The SMILES string of the molecule is CCN(CC)S(=O)(=O)c1c(N)cc(Cl)cc1Cl. The van der Waals surface area contributed by atoms with Gasteiger partial charge in [-0.1, -0.05) is 37.0 Å². The Morgan fingerprint density at radius 2 is 1.76 bits per heavy atom. The lowest BCUT2D eigenvalue weighted by molar-refractivity contribution is 0.445. The molecule has 0 aliphatic rings. The molecule has 7 heteroatoms. The Labute approximate surface area is 111 Å². The summed E-state index contributed by atoms with van der Waals surface area (Å²) in [6, 6.07) is 2.75. The van der Waals surface area contributed by atoms with Crippen molar-refractivity contribution in [2.24, 2.45) is 0 Å². The van der Waals surface area contributed by atoms with Crippen LogP contribution < -0.4 is 5.73 Å². The lowest BCUT2D eigenvalue weighted by atomic mass is 10.3. The first-order valence-electron chi connectivity index (χ1n) is 5.09. The van der Waals surface area contributed by atoms with E-state index in [1.165, 1.54) is 16.4 Å². The van der Waals surface area contributed by atoms with E-state index in [-0.39, 0.29) is 15.6 Å². The van der Waals surface area contributed by atoms with Crippen LogP contribution in [0, 0.1) is 0 Å². The number of halogens is 2. The van der Waals surface area contributed by atoms with Crippen molar-refractivity contribution in [3.63, 3.8) is 0 Å². The fourth-order valence-corrected chi connectivity index (χ4v) is 3.95. The third-order valence-electron chi connectivity index (χ3n) is 2.34. The molecular formula is C10H14Cl2N2O2S. The molecule has 0 heterocycles. The summed E-state index contributed by atoms with van der Waals surface area (Å²) in [7, 11) is -3.66. The van der Waals surface area contributed by atoms with Crippen molar-refractivity contribution >= 4 is 38.9 Å². The maximum absolute atomic E-state index is 12.3. The number of nitrogens with zero attached hydrogens (tertiary/aromatic N) is 1. The molecule has 0 saturated heterocycles. The van der Waals surface area contributed by atoms with Crippen molar-refractivity contribution in [2.45, 2.75) is 18.7 Å². The highest BCUT2D eigenvalue weighted by molar-refractivity contribution is 7.89. The zero-order chi connectivity index (χ0) is 13.2. The topological polar surface area (TPSA) is 63.4 Å². The molecule has 0 bridgehead atoms. The molecule has 4 nitrogen and oxygen atoms in total. The van der Waals surface area contributed by atoms with Crippen LogP contribution >= 0.6 is 23.2 Å². The van der Waals surface area contributed by atoms with Gasteiger partial charge in [0.1, 0.15) is 4.90 Å². The van der Waals surface area contributed by atoms with E-state index in [4.69, 9.17) is 28.9 Å². The van der Waals surface area contributed by atoms with Crippen LogP contribution in [0.5, 0.6) is 0 Å². The molecule has 0 aromatic heterocycles. The standard InChI is InChI=1S/C10H14Cl2N2O2S/c1-3-14(4-2)17(15,16)10-8(12)5-7(11)6-9(10)13/h5-6H,3-4,13H2,1-2H3. The summed E-state index contributed by atoms with van der Waals surface area (Å²) in [4.78, 5) is -0.0766. The van der Waals surface area contributed by atoms with Gasteiger partial charge in [0.2, 0.25) is 10.0 Å². The Kier molecular flexibility index (Phi) is 4.66. The summed E-state index contributed by atoms with van der Waals surface area (Å²) in [5, 5.41) is 0.355. The van der Waals surface area contributed by atoms with E-state index in [2.05, 4.69) is 0 Å². The van der Waals surface area contributed by atoms with Crippen LogP contribution in [0.15, 0.2) is 17.0 Å². The van der Waals surface area contributed by atoms with Crippen LogP contribution in [0.25, 0.3) is 0 Å². The van der Waals surface area contributed by atoms with Gasteiger partial charge in [-0.05, 0) is 12.1 Å². The van der Waals surface area contributed by atoms with E-state index in [1.54, 1.807) is 13.8 Å². The summed E-state index contributed by atoms with van der Waals surface area (Å²) in [5.41, 5.74) is 5.75. The molecule has 0 saturated carbocycles. The van der Waals surface area contributed by atoms with Crippen LogP contribution in [0.3, 0.4) is 0 Å². The Morgan fingerprint density at radius 3 is 2.18 bits per heavy atom. The zero-order valence-electron chi connectivity index (χ0n) is 9.57. The second kappa shape index (κ2) is 5.44. The van der Waals surface area contributed by atoms with Crippen LogP contribution in [0.2, 0.25) is 10.0 Å². The van der Waals surface area contributed by atoms with Crippen LogP contribution in [0.4, 0.5) is 5.69 Å². The molecule has 0 aliphatic carbocycles. The molecule has 17 heavy (non-hydrogen) atoms. The van der Waals surface area contributed by atoms with Gasteiger partial charge in [-0.3, -0.25) is 0 Å². The fourth-order valence-electron chi connectivity index (χ4n) is 1.55. The number of benzene rings is 1. The van der Waals surface area contributed by atoms with Gasteiger partial charge in [0.25, 0.3) is 0 Å². The summed E-state index contributed by atoms with van der Waals surface area (Å²) in [6.45, 7) is 4.22. The Bertz CT molecular complexity index is 490. The highest BCUT2D eigenvalue weighted by atomic mass is 35.5. The van der Waals surface area contributed by atoms with Gasteiger partial charge in [-0.25, -0.2) is 8.42 Å². The first kappa shape index (κ1) is 14.6. The van der Waals surface area contributed by atoms with Crippen molar-refractivity contribution < 1.29 is 8.42 Å². The lowest BCUT2D eigenvalue weighted by Crippen LogP contribution is -2.31. The van der Waals surface area contributed by atoms with Crippen molar-refractivity contribution in [3.05, 3.63) is 22.2 Å². The summed E-state index contributed by atoms with van der Waals surface area (Å²) >= 11 is 11.7. The highest BCUT2D eigenvalue weighted by Crippen LogP contribution is 2.32. The number of sulfonamides is 1. The van der Waals surface area contributed by atoms with Crippen molar-refractivity contribution in [2.75, 3.05) is 18.8 Å². The molecule has 0 atom stereocenters. The largest absolute Gasteiger partial charge is 0.398 e. The Morgan fingerprint density at radius 1 is 1.24 bits per heavy atom. The molecule has 0 spiro atoms. The number of anilines is 1. The lowest BCUT2D eigenvalue weighted by Gasteiger charge is -2.20. The quantitative estimate of drug-likeness (QED) is 0.869. The minimum absolute atomic E-state index is 0.0434. The van der Waals surface area contributed by atoms with Gasteiger partial charge in [0, 0.05) is 18.1 Å². The van der Waals surface area contributed by atoms with Crippen LogP contribution in [-0.4, -0.2) is 25.8 Å². The van der Waals surface area contributed by atoms with Gasteiger partial charge in [0.15, 0.2) is 0 Å². The predicted molar refractivity (Wildman–Crippen MR) is 71.0 cm³/mol. The first-order chi connectivity index (χ1) is 7.84. The number of hydrogen-bond acceptors (Lipinski definition) is 3. The molecule has 2 N–H and O–H groups in total. The van der Waals surface area contributed by atoms with Gasteiger partial charge in [0.05, 0.1) is 10.7 Å². The average Bonchev–Trinajstić information content (AvgIpc) is 2.16. The van der Waals surface area contributed by atoms with Gasteiger partial charge in [-0.2, -0.15) is 4.31 Å². The summed E-state index contributed by atoms with van der Waals surface area (Å²) in [6.07, 6.45) is 0. The molecule has 0 aliphatic heterocycles. The first-order valence-corrected chi connectivity index (χ1v) is 7.28. The minimum Gasteiger partial charge on any atom is -0.398 e. The molecular weight excluding hydrogens is 283 g/mol. The maximum atomic E-state index is 12.3. The van der Waals surface area contributed by atoms with E-state index in [1.807, 2.05) is 0 Å². The number of rotatable bonds is 4. The third-order valence-corrected chi connectivity index (χ3v) is 5.14. The number of hydrogen-bond donors (Lipinski definition) is 1. The fraction of sp³-hybridized carbons (Fsp3) is 0.400. The molecule has 0 radical (unpaired) electrons.